The average molecular weight is 576 g/mol. The summed E-state index contributed by atoms with van der Waals surface area (Å²) in [5, 5.41) is 2.56. The molecule has 1 unspecified atom stereocenters. The summed E-state index contributed by atoms with van der Waals surface area (Å²) < 4.78 is 2.30. The Morgan fingerprint density at radius 3 is 1.91 bits per heavy atom. The van der Waals surface area contributed by atoms with Gasteiger partial charge in [-0.25, -0.2) is 4.98 Å². The lowest BCUT2D eigenvalue weighted by Crippen LogP contribution is -2.44. The fraction of sp³-hybridized carbons (Fsp3) is 0.308. The van der Waals surface area contributed by atoms with E-state index in [2.05, 4.69) is 70.1 Å². The molecule has 2 saturated carbocycles. The maximum Gasteiger partial charge on any atom is 0.238 e. The van der Waals surface area contributed by atoms with Crippen molar-refractivity contribution < 1.29 is 0 Å². The molecule has 0 spiro atoms. The van der Waals surface area contributed by atoms with E-state index in [-0.39, 0.29) is 0 Å². The lowest BCUT2D eigenvalue weighted by molar-refractivity contribution is 0.331. The fourth-order valence-corrected chi connectivity index (χ4v) is 8.47. The largest absolute Gasteiger partial charge is 0.365 e. The van der Waals surface area contributed by atoms with Crippen molar-refractivity contribution in [1.29, 1.82) is 0 Å². The highest BCUT2D eigenvalue weighted by atomic mass is 15.2. The summed E-state index contributed by atoms with van der Waals surface area (Å²) in [7, 11) is 0. The van der Waals surface area contributed by atoms with Crippen molar-refractivity contribution in [3.8, 4) is 28.7 Å². The van der Waals surface area contributed by atoms with Gasteiger partial charge in [-0.15, -0.1) is 0 Å². The molecule has 3 aliphatic rings. The van der Waals surface area contributed by atoms with Crippen molar-refractivity contribution in [3.05, 3.63) is 103 Å². The number of anilines is 1. The third-order valence-corrected chi connectivity index (χ3v) is 10.4. The van der Waals surface area contributed by atoms with Crippen molar-refractivity contribution in [3.63, 3.8) is 0 Å². The van der Waals surface area contributed by atoms with E-state index in [1.54, 1.807) is 5.56 Å². The Bertz CT molecular complexity index is 1920. The van der Waals surface area contributed by atoms with Crippen LogP contribution in [0.3, 0.4) is 0 Å². The SMILES string of the molecule is c1ccc(-c2nc(-c3ccccc3)nc(-n3c4ccccc4c4cc5c(cc43)N(C3CCCCC3)C3CCCC[C@@H]53)n2)cc1. The molecular weight excluding hydrogens is 538 g/mol. The van der Waals surface area contributed by atoms with Gasteiger partial charge in [-0.05, 0) is 49.4 Å². The minimum absolute atomic E-state index is 0.638. The molecule has 2 aromatic heterocycles. The molecule has 5 heteroatoms. The predicted molar refractivity (Wildman–Crippen MR) is 179 cm³/mol. The van der Waals surface area contributed by atoms with Gasteiger partial charge >= 0.3 is 0 Å². The number of hydrogen-bond donors (Lipinski definition) is 0. The Balaban J connectivity index is 1.31. The first-order chi connectivity index (χ1) is 21.8. The quantitative estimate of drug-likeness (QED) is 0.210. The van der Waals surface area contributed by atoms with Crippen molar-refractivity contribution in [2.75, 3.05) is 4.90 Å². The summed E-state index contributed by atoms with van der Waals surface area (Å²) in [5.74, 6) is 2.69. The molecular formula is C39H37N5. The maximum atomic E-state index is 5.17. The molecule has 0 amide bonds. The number of fused-ring (bicyclic) bond motifs is 6. The molecule has 2 aliphatic carbocycles. The molecule has 0 N–H and O–H groups in total. The summed E-state index contributed by atoms with van der Waals surface area (Å²) in [4.78, 5) is 18.2. The zero-order chi connectivity index (χ0) is 29.0. The van der Waals surface area contributed by atoms with Gasteiger partial charge in [0, 0.05) is 45.6 Å². The van der Waals surface area contributed by atoms with Gasteiger partial charge in [-0.1, -0.05) is 111 Å². The first kappa shape index (κ1) is 25.9. The lowest BCUT2D eigenvalue weighted by Gasteiger charge is -2.41. The Morgan fingerprint density at radius 2 is 1.18 bits per heavy atom. The van der Waals surface area contributed by atoms with Crippen molar-refractivity contribution in [2.45, 2.75) is 75.8 Å². The maximum absolute atomic E-state index is 5.17. The van der Waals surface area contributed by atoms with Crippen LogP contribution in [0, 0.1) is 0 Å². The molecule has 44 heavy (non-hydrogen) atoms. The fourth-order valence-electron chi connectivity index (χ4n) is 8.47. The zero-order valence-corrected chi connectivity index (χ0v) is 25.1. The van der Waals surface area contributed by atoms with E-state index >= 15 is 0 Å². The van der Waals surface area contributed by atoms with Crippen LogP contribution in [0.5, 0.6) is 0 Å². The third kappa shape index (κ3) is 4.16. The molecule has 5 nitrogen and oxygen atoms in total. The van der Waals surface area contributed by atoms with E-state index < -0.39 is 0 Å². The van der Waals surface area contributed by atoms with Crippen LogP contribution in [0.25, 0.3) is 50.5 Å². The molecule has 3 heterocycles. The molecule has 0 bridgehead atoms. The molecule has 218 valence electrons. The number of benzene rings is 4. The first-order valence-electron chi connectivity index (χ1n) is 16.6. The second kappa shape index (κ2) is 10.6. The number of nitrogens with zero attached hydrogens (tertiary/aromatic N) is 5. The van der Waals surface area contributed by atoms with E-state index in [0.717, 1.165) is 16.6 Å². The van der Waals surface area contributed by atoms with E-state index in [1.165, 1.54) is 79.8 Å². The predicted octanol–water partition coefficient (Wildman–Crippen LogP) is 9.48. The van der Waals surface area contributed by atoms with Gasteiger partial charge < -0.3 is 4.90 Å². The van der Waals surface area contributed by atoms with E-state index in [1.807, 2.05) is 36.4 Å². The Hall–Kier alpha value is -4.51. The molecule has 1 aliphatic heterocycles. The average Bonchev–Trinajstić information content (AvgIpc) is 3.60. The highest BCUT2D eigenvalue weighted by Gasteiger charge is 2.43. The van der Waals surface area contributed by atoms with Crippen LogP contribution < -0.4 is 4.90 Å². The number of rotatable bonds is 4. The van der Waals surface area contributed by atoms with Gasteiger partial charge in [0.25, 0.3) is 0 Å². The van der Waals surface area contributed by atoms with Crippen LogP contribution in [-0.2, 0) is 0 Å². The van der Waals surface area contributed by atoms with Crippen LogP contribution >= 0.6 is 0 Å². The molecule has 9 rings (SSSR count). The monoisotopic (exact) mass is 575 g/mol. The van der Waals surface area contributed by atoms with Crippen molar-refractivity contribution in [2.24, 2.45) is 0 Å². The highest BCUT2D eigenvalue weighted by Crippen LogP contribution is 2.52. The van der Waals surface area contributed by atoms with E-state index in [0.29, 0.717) is 35.6 Å². The highest BCUT2D eigenvalue weighted by molar-refractivity contribution is 6.10. The van der Waals surface area contributed by atoms with Gasteiger partial charge in [0.15, 0.2) is 11.6 Å². The molecule has 2 fully saturated rings. The van der Waals surface area contributed by atoms with Crippen molar-refractivity contribution >= 4 is 27.5 Å². The van der Waals surface area contributed by atoms with Crippen LogP contribution in [0.1, 0.15) is 69.3 Å². The Kier molecular flexibility index (Phi) is 6.24. The summed E-state index contributed by atoms with van der Waals surface area (Å²) in [5.41, 5.74) is 7.34. The topological polar surface area (TPSA) is 46.8 Å². The molecule has 0 saturated heterocycles. The minimum Gasteiger partial charge on any atom is -0.365 e. The smallest absolute Gasteiger partial charge is 0.238 e. The summed E-state index contributed by atoms with van der Waals surface area (Å²) >= 11 is 0. The van der Waals surface area contributed by atoms with Crippen LogP contribution in [-0.4, -0.2) is 31.6 Å². The zero-order valence-electron chi connectivity index (χ0n) is 25.1. The standard InChI is InChI=1S/C39H37N5/c1-4-14-26(15-5-1)37-40-38(27-16-6-2-7-17-27)42-39(41-37)44-34-23-13-11-21-30(34)32-24-31-29-20-10-12-22-33(29)43(35(31)25-36(32)44)28-18-8-3-9-19-28/h1-2,4-7,11,13-17,21,23-25,28-29,33H,3,8-10,12,18-20,22H2/t29-,33?/m0/s1. The molecule has 0 radical (unpaired) electrons. The summed E-state index contributed by atoms with van der Waals surface area (Å²) in [6.45, 7) is 0. The van der Waals surface area contributed by atoms with Gasteiger partial charge in [-0.3, -0.25) is 4.57 Å². The number of hydrogen-bond acceptors (Lipinski definition) is 4. The van der Waals surface area contributed by atoms with Crippen LogP contribution in [0.2, 0.25) is 0 Å². The number of para-hydroxylation sites is 1. The Labute approximate surface area is 258 Å². The third-order valence-electron chi connectivity index (χ3n) is 10.4. The minimum atomic E-state index is 0.638. The molecule has 4 aromatic carbocycles. The second-order valence-electron chi connectivity index (χ2n) is 13.0. The lowest BCUT2D eigenvalue weighted by atomic mass is 9.81. The van der Waals surface area contributed by atoms with Gasteiger partial charge in [0.05, 0.1) is 11.0 Å². The van der Waals surface area contributed by atoms with E-state index in [9.17, 15) is 0 Å². The second-order valence-corrected chi connectivity index (χ2v) is 13.0. The summed E-state index contributed by atoms with van der Waals surface area (Å²) in [6.07, 6.45) is 12.0. The van der Waals surface area contributed by atoms with Gasteiger partial charge in [0.1, 0.15) is 0 Å². The molecule has 6 aromatic rings. The van der Waals surface area contributed by atoms with E-state index in [4.69, 9.17) is 15.0 Å². The van der Waals surface area contributed by atoms with Gasteiger partial charge in [0.2, 0.25) is 5.95 Å². The van der Waals surface area contributed by atoms with Gasteiger partial charge in [-0.2, -0.15) is 9.97 Å². The van der Waals surface area contributed by atoms with Crippen molar-refractivity contribution in [1.82, 2.24) is 19.5 Å². The summed E-state index contributed by atoms with van der Waals surface area (Å²) in [6, 6.07) is 35.7. The normalized spacial score (nSPS) is 20.2. The van der Waals surface area contributed by atoms with Crippen LogP contribution in [0.4, 0.5) is 5.69 Å². The van der Waals surface area contributed by atoms with Crippen LogP contribution in [0.15, 0.2) is 97.1 Å². The first-order valence-corrected chi connectivity index (χ1v) is 16.6. The molecule has 2 atom stereocenters. The number of aromatic nitrogens is 4. The Morgan fingerprint density at radius 1 is 0.545 bits per heavy atom.